The zero-order valence-corrected chi connectivity index (χ0v) is 43.5. The first-order chi connectivity index (χ1) is 33.5. The number of nitrogens with two attached hydrogens (primary N) is 3. The van der Waals surface area contributed by atoms with E-state index in [0.717, 1.165) is 0 Å². The maximum Gasteiger partial charge on any atom is 0.329 e. The number of aliphatic carboxylic acids is 3. The Morgan fingerprint density at radius 1 is 0.583 bits per heavy atom. The molecule has 0 aliphatic heterocycles. The van der Waals surface area contributed by atoms with Crippen LogP contribution in [0.5, 0.6) is 0 Å². The third kappa shape index (κ3) is 25.7. The average Bonchev–Trinajstić information content (AvgIpc) is 3.28. The van der Waals surface area contributed by atoms with Crippen molar-refractivity contribution >= 4 is 77.0 Å². The Labute approximate surface area is 424 Å². The van der Waals surface area contributed by atoms with Gasteiger partial charge >= 0.3 is 23.9 Å². The van der Waals surface area contributed by atoms with Crippen LogP contribution in [0.4, 0.5) is 0 Å². The van der Waals surface area contributed by atoms with Gasteiger partial charge in [0.15, 0.2) is 0 Å². The Hall–Kier alpha value is -5.64. The predicted molar refractivity (Wildman–Crippen MR) is 263 cm³/mol. The maximum atomic E-state index is 14.1. The molecular weight excluding hydrogens is 969 g/mol. The molecule has 72 heavy (non-hydrogen) atoms. The van der Waals surface area contributed by atoms with Gasteiger partial charge in [0.25, 0.3) is 0 Å². The van der Waals surface area contributed by atoms with E-state index in [9.17, 15) is 73.2 Å². The lowest BCUT2D eigenvalue weighted by molar-refractivity contribution is -0.157. The van der Waals surface area contributed by atoms with E-state index in [1.807, 2.05) is 13.8 Å². The lowest BCUT2D eigenvalue weighted by Crippen LogP contribution is -2.60. The normalized spacial score (nSPS) is 16.0. The van der Waals surface area contributed by atoms with Crippen LogP contribution in [0, 0.1) is 23.7 Å². The highest BCUT2D eigenvalue weighted by Crippen LogP contribution is 2.15. The number of carbonyl (C=O) groups excluding carboxylic acids is 8. The summed E-state index contributed by atoms with van der Waals surface area (Å²) in [6.07, 6.45) is -1.52. The van der Waals surface area contributed by atoms with Crippen LogP contribution in [0.2, 0.25) is 0 Å². The monoisotopic (exact) mass is 1050 g/mol. The van der Waals surface area contributed by atoms with Crippen LogP contribution in [-0.4, -0.2) is 171 Å². The number of aliphatic hydroxyl groups excluding tert-OH is 1. The molecule has 0 fully saturated rings. The first-order valence-corrected chi connectivity index (χ1v) is 25.2. The van der Waals surface area contributed by atoms with E-state index in [2.05, 4.69) is 37.2 Å². The first-order valence-electron chi connectivity index (χ1n) is 23.8. The van der Waals surface area contributed by atoms with Crippen molar-refractivity contribution in [3.05, 3.63) is 0 Å². The first kappa shape index (κ1) is 66.4. The van der Waals surface area contributed by atoms with Crippen molar-refractivity contribution in [3.8, 4) is 0 Å². The second-order valence-electron chi connectivity index (χ2n) is 18.8. The standard InChI is InChI=1S/C45H80N10O16S/c1-10-24(8)37(55-41(66)28(11-12-33(57)58)50-39(64)26(47)20-56)44(69)53-31(18-35(61)62)45(70)71-32(25(46)15-21(2)3)19-49-27(13-14-72-9)40(65)54-36(23(6)7)43(68)52-30(16-22(4)5)42(67)51-29(38(48)63)17-34(59)60/h21-32,36-37,49,56H,10-20,46-47H2,1-9H3,(H2,48,63)(H,50,64)(H,51,67)(H,52,68)(H,53,69)(H,54,65)(H,55,66)(H,57,58)(H,59,60)(H,61,62)/t24-,25-,26-,27-,28-,29-,30-,31-,32-,36-,37-/m0/s1. The molecule has 0 aromatic carbocycles. The summed E-state index contributed by atoms with van der Waals surface area (Å²) in [5.41, 5.74) is 17.4. The van der Waals surface area contributed by atoms with Crippen LogP contribution in [0.1, 0.15) is 107 Å². The smallest absolute Gasteiger partial charge is 0.329 e. The van der Waals surface area contributed by atoms with Gasteiger partial charge in [-0.3, -0.25) is 47.9 Å². The Morgan fingerprint density at radius 3 is 1.56 bits per heavy atom. The number of thioether (sulfide) groups is 1. The molecule has 17 N–H and O–H groups in total. The molecule has 0 saturated carbocycles. The number of carbonyl (C=O) groups is 11. The highest BCUT2D eigenvalue weighted by Gasteiger charge is 2.37. The molecule has 27 heteroatoms. The minimum Gasteiger partial charge on any atom is -0.481 e. The van der Waals surface area contributed by atoms with Crippen molar-refractivity contribution in [1.29, 1.82) is 0 Å². The molecule has 7 amide bonds. The molecule has 0 radical (unpaired) electrons. The third-order valence-corrected chi connectivity index (χ3v) is 11.8. The molecule has 0 aliphatic carbocycles. The molecule has 26 nitrogen and oxygen atoms in total. The van der Waals surface area contributed by atoms with E-state index in [-0.39, 0.29) is 44.1 Å². The summed E-state index contributed by atoms with van der Waals surface area (Å²) in [5, 5.41) is 55.3. The van der Waals surface area contributed by atoms with Crippen molar-refractivity contribution in [3.63, 3.8) is 0 Å². The number of primary amides is 1. The summed E-state index contributed by atoms with van der Waals surface area (Å²) in [5.74, 6) is -12.9. The number of esters is 1. The number of amides is 7. The van der Waals surface area contributed by atoms with E-state index in [1.54, 1.807) is 47.8 Å². The molecule has 0 aromatic heterocycles. The Balaban J connectivity index is 6.69. The quantitative estimate of drug-likeness (QED) is 0.0281. The summed E-state index contributed by atoms with van der Waals surface area (Å²) in [6, 6.07) is -12.3. The van der Waals surface area contributed by atoms with E-state index < -0.39 is 170 Å². The molecule has 0 bridgehead atoms. The van der Waals surface area contributed by atoms with Gasteiger partial charge in [-0.1, -0.05) is 61.8 Å². The van der Waals surface area contributed by atoms with Gasteiger partial charge in [0, 0.05) is 19.0 Å². The lowest BCUT2D eigenvalue weighted by Gasteiger charge is -2.31. The average molecular weight is 1050 g/mol. The topological polar surface area (TPSA) is 440 Å². The van der Waals surface area contributed by atoms with E-state index >= 15 is 0 Å². The Bertz CT molecular complexity index is 1840. The molecule has 412 valence electrons. The summed E-state index contributed by atoms with van der Waals surface area (Å²) in [7, 11) is 0. The van der Waals surface area contributed by atoms with Crippen LogP contribution in [0.3, 0.4) is 0 Å². The predicted octanol–water partition coefficient (Wildman–Crippen LogP) is -2.74. The number of hydrogen-bond donors (Lipinski definition) is 14. The zero-order chi connectivity index (χ0) is 55.6. The van der Waals surface area contributed by atoms with Crippen LogP contribution >= 0.6 is 11.8 Å². The Morgan fingerprint density at radius 2 is 1.07 bits per heavy atom. The number of rotatable bonds is 37. The number of hydrogen-bond acceptors (Lipinski definition) is 17. The van der Waals surface area contributed by atoms with Crippen LogP contribution in [-0.2, 0) is 57.5 Å². The summed E-state index contributed by atoms with van der Waals surface area (Å²) in [6.45, 7) is 12.6. The van der Waals surface area contributed by atoms with Crippen LogP contribution in [0.25, 0.3) is 0 Å². The SMILES string of the molecule is CC[C@H](C)[C@H](NC(=O)[C@H](CCC(=O)O)NC(=O)[C@@H](N)CO)C(=O)N[C@@H](CC(=O)O)C(=O)O[C@@H](CN[C@@H](CCSC)C(=O)N[C@H](C(=O)N[C@@H](CC(C)C)C(=O)N[C@@H](CC(=O)O)C(N)=O)C(C)C)[C@@H](N)CC(C)C. The fourth-order valence-electron chi connectivity index (χ4n) is 6.93. The molecule has 11 atom stereocenters. The Kier molecular flexibility index (Phi) is 31.2. The highest BCUT2D eigenvalue weighted by atomic mass is 32.2. The van der Waals surface area contributed by atoms with Gasteiger partial charge in [-0.25, -0.2) is 4.79 Å². The van der Waals surface area contributed by atoms with Crippen molar-refractivity contribution in [2.45, 2.75) is 167 Å². The van der Waals surface area contributed by atoms with E-state index in [4.69, 9.17) is 21.9 Å². The second kappa shape index (κ2) is 33.9. The van der Waals surface area contributed by atoms with Gasteiger partial charge < -0.3 is 79.6 Å². The van der Waals surface area contributed by atoms with Crippen LogP contribution < -0.4 is 54.4 Å². The van der Waals surface area contributed by atoms with Gasteiger partial charge in [0.2, 0.25) is 41.4 Å². The number of carboxylic acid groups (broad SMARTS) is 3. The van der Waals surface area contributed by atoms with Gasteiger partial charge in [-0.2, -0.15) is 11.8 Å². The number of carboxylic acids is 3. The lowest BCUT2D eigenvalue weighted by atomic mass is 9.96. The van der Waals surface area contributed by atoms with E-state index in [1.165, 1.54) is 11.8 Å². The van der Waals surface area contributed by atoms with Gasteiger partial charge in [-0.05, 0) is 61.4 Å². The maximum absolute atomic E-state index is 14.1. The van der Waals surface area contributed by atoms with Crippen molar-refractivity contribution in [2.24, 2.45) is 40.9 Å². The molecule has 0 saturated heterocycles. The molecule has 0 heterocycles. The summed E-state index contributed by atoms with van der Waals surface area (Å²) < 4.78 is 5.82. The number of nitrogens with one attached hydrogen (secondary N) is 7. The highest BCUT2D eigenvalue weighted by molar-refractivity contribution is 7.98. The minimum absolute atomic E-state index is 0.0551. The molecule has 0 unspecified atom stereocenters. The second-order valence-corrected chi connectivity index (χ2v) is 19.8. The van der Waals surface area contributed by atoms with Crippen molar-refractivity contribution < 1.29 is 77.9 Å². The molecular formula is C45H80N10O16S. The van der Waals surface area contributed by atoms with Gasteiger partial charge in [-0.15, -0.1) is 0 Å². The third-order valence-electron chi connectivity index (χ3n) is 11.2. The van der Waals surface area contributed by atoms with Gasteiger partial charge in [0.1, 0.15) is 48.4 Å². The fraction of sp³-hybridized carbons (Fsp3) is 0.756. The molecule has 0 spiro atoms. The molecule has 0 aliphatic rings. The summed E-state index contributed by atoms with van der Waals surface area (Å²) >= 11 is 1.40. The molecule has 0 aromatic rings. The molecule has 0 rings (SSSR count). The summed E-state index contributed by atoms with van der Waals surface area (Å²) in [4.78, 5) is 142. The van der Waals surface area contributed by atoms with Gasteiger partial charge in [0.05, 0.1) is 25.5 Å². The van der Waals surface area contributed by atoms with E-state index in [0.29, 0.717) is 5.75 Å². The van der Waals surface area contributed by atoms with Crippen LogP contribution in [0.15, 0.2) is 0 Å². The number of ether oxygens (including phenoxy) is 1. The van der Waals surface area contributed by atoms with Crippen molar-refractivity contribution in [1.82, 2.24) is 37.2 Å². The van der Waals surface area contributed by atoms with Crippen molar-refractivity contribution in [2.75, 3.05) is 25.2 Å². The number of aliphatic hydroxyl groups is 1. The minimum atomic E-state index is -1.86. The largest absolute Gasteiger partial charge is 0.481 e. The fourth-order valence-corrected chi connectivity index (χ4v) is 7.41. The zero-order valence-electron chi connectivity index (χ0n) is 42.7.